The summed E-state index contributed by atoms with van der Waals surface area (Å²) in [6.45, 7) is -0.415. The number of benzene rings is 2. The van der Waals surface area contributed by atoms with Crippen LogP contribution in [0.5, 0.6) is 5.75 Å². The monoisotopic (exact) mass is 317 g/mol. The van der Waals surface area contributed by atoms with E-state index in [1.165, 1.54) is 25.3 Å². The van der Waals surface area contributed by atoms with E-state index in [-0.39, 0.29) is 5.75 Å². The summed E-state index contributed by atoms with van der Waals surface area (Å²) in [5.41, 5.74) is 0.582. The van der Waals surface area contributed by atoms with Gasteiger partial charge in [0.05, 0.1) is 7.11 Å². The highest BCUT2D eigenvalue weighted by Gasteiger charge is 2.23. The molecular weight excluding hydrogens is 301 g/mol. The van der Waals surface area contributed by atoms with E-state index in [9.17, 15) is 14.0 Å². The number of carbonyl (C=O) groups excluding carboxylic acids is 2. The molecule has 0 aromatic heterocycles. The highest BCUT2D eigenvalue weighted by Crippen LogP contribution is 2.16. The predicted molar refractivity (Wildman–Crippen MR) is 81.2 cm³/mol. The molecule has 120 valence electrons. The number of hydrogen-bond donors (Lipinski definition) is 1. The number of hydrogen-bond acceptors (Lipinski definition) is 4. The zero-order valence-electron chi connectivity index (χ0n) is 12.5. The average molecular weight is 317 g/mol. The lowest BCUT2D eigenvalue weighted by Gasteiger charge is -2.17. The van der Waals surface area contributed by atoms with Gasteiger partial charge in [-0.3, -0.25) is 4.79 Å². The van der Waals surface area contributed by atoms with E-state index in [1.54, 1.807) is 36.4 Å². The maximum atomic E-state index is 13.4. The van der Waals surface area contributed by atoms with Crippen molar-refractivity contribution in [3.63, 3.8) is 0 Å². The van der Waals surface area contributed by atoms with Gasteiger partial charge in [-0.15, -0.1) is 0 Å². The van der Waals surface area contributed by atoms with Crippen molar-refractivity contribution in [1.82, 2.24) is 5.32 Å². The van der Waals surface area contributed by atoms with Crippen molar-refractivity contribution >= 4 is 11.9 Å². The second kappa shape index (κ2) is 7.93. The van der Waals surface area contributed by atoms with E-state index in [2.05, 4.69) is 5.32 Å². The van der Waals surface area contributed by atoms with Crippen LogP contribution in [0.25, 0.3) is 0 Å². The molecule has 0 saturated carbocycles. The number of ether oxygens (including phenoxy) is 2. The van der Waals surface area contributed by atoms with Crippen molar-refractivity contribution in [1.29, 1.82) is 0 Å². The first kappa shape index (κ1) is 16.5. The molecule has 0 radical (unpaired) electrons. The van der Waals surface area contributed by atoms with Gasteiger partial charge in [0.1, 0.15) is 0 Å². The fraction of sp³-hybridized carbons (Fsp3) is 0.176. The van der Waals surface area contributed by atoms with Crippen LogP contribution in [0.15, 0.2) is 54.6 Å². The molecule has 0 spiro atoms. The highest BCUT2D eigenvalue weighted by atomic mass is 19.1. The molecule has 0 aliphatic carbocycles. The van der Waals surface area contributed by atoms with Crippen LogP contribution in [0.4, 0.5) is 4.39 Å². The maximum Gasteiger partial charge on any atom is 0.333 e. The second-order valence-electron chi connectivity index (χ2n) is 4.65. The Bertz CT molecular complexity index is 675. The van der Waals surface area contributed by atoms with Gasteiger partial charge in [-0.2, -0.15) is 0 Å². The van der Waals surface area contributed by atoms with Gasteiger partial charge in [-0.05, 0) is 17.7 Å². The Kier molecular flexibility index (Phi) is 5.68. The van der Waals surface area contributed by atoms with Gasteiger partial charge in [0, 0.05) is 0 Å². The first-order valence-electron chi connectivity index (χ1n) is 6.91. The van der Waals surface area contributed by atoms with Crippen molar-refractivity contribution in [2.75, 3.05) is 13.7 Å². The number of esters is 1. The van der Waals surface area contributed by atoms with E-state index in [0.29, 0.717) is 5.56 Å². The molecule has 0 saturated heterocycles. The predicted octanol–water partition coefficient (Wildman–Crippen LogP) is 2.23. The van der Waals surface area contributed by atoms with Crippen LogP contribution in [0.1, 0.15) is 11.6 Å². The summed E-state index contributed by atoms with van der Waals surface area (Å²) in [5.74, 6) is -1.76. The Hall–Kier alpha value is -2.89. The molecule has 2 rings (SSSR count). The smallest absolute Gasteiger partial charge is 0.333 e. The van der Waals surface area contributed by atoms with Gasteiger partial charge in [-0.25, -0.2) is 9.18 Å². The van der Waals surface area contributed by atoms with Gasteiger partial charge >= 0.3 is 5.97 Å². The Morgan fingerprint density at radius 3 is 2.39 bits per heavy atom. The van der Waals surface area contributed by atoms with Gasteiger partial charge in [0.15, 0.2) is 24.2 Å². The van der Waals surface area contributed by atoms with Gasteiger partial charge in [-0.1, -0.05) is 42.5 Å². The van der Waals surface area contributed by atoms with Gasteiger partial charge in [0.2, 0.25) is 0 Å². The molecule has 6 heteroatoms. The van der Waals surface area contributed by atoms with Gasteiger partial charge in [0.25, 0.3) is 5.91 Å². The van der Waals surface area contributed by atoms with Gasteiger partial charge < -0.3 is 14.8 Å². The van der Waals surface area contributed by atoms with Crippen LogP contribution in [-0.4, -0.2) is 25.6 Å². The lowest BCUT2D eigenvalue weighted by Crippen LogP contribution is -2.37. The van der Waals surface area contributed by atoms with Crippen molar-refractivity contribution in [3.8, 4) is 5.75 Å². The van der Waals surface area contributed by atoms with Crippen molar-refractivity contribution in [2.24, 2.45) is 0 Å². The van der Waals surface area contributed by atoms with Crippen LogP contribution in [0.2, 0.25) is 0 Å². The minimum absolute atomic E-state index is 0.0306. The fourth-order valence-electron chi connectivity index (χ4n) is 1.95. The molecule has 23 heavy (non-hydrogen) atoms. The molecule has 2 aromatic carbocycles. The third kappa shape index (κ3) is 4.54. The van der Waals surface area contributed by atoms with Crippen LogP contribution in [-0.2, 0) is 14.3 Å². The zero-order chi connectivity index (χ0) is 16.7. The van der Waals surface area contributed by atoms with E-state index < -0.39 is 30.3 Å². The Labute approximate surface area is 133 Å². The van der Waals surface area contributed by atoms with Crippen LogP contribution in [0, 0.1) is 5.82 Å². The molecule has 1 N–H and O–H groups in total. The van der Waals surface area contributed by atoms with E-state index >= 15 is 0 Å². The van der Waals surface area contributed by atoms with Crippen LogP contribution in [0.3, 0.4) is 0 Å². The summed E-state index contributed by atoms with van der Waals surface area (Å²) >= 11 is 0. The molecule has 0 aliphatic rings. The van der Waals surface area contributed by atoms with E-state index in [1.807, 2.05) is 0 Å². The molecule has 0 fully saturated rings. The van der Waals surface area contributed by atoms with E-state index in [0.717, 1.165) is 0 Å². The Morgan fingerprint density at radius 1 is 1.09 bits per heavy atom. The van der Waals surface area contributed by atoms with Crippen molar-refractivity contribution in [2.45, 2.75) is 6.04 Å². The van der Waals surface area contributed by atoms with Crippen molar-refractivity contribution < 1.29 is 23.5 Å². The first-order valence-corrected chi connectivity index (χ1v) is 6.91. The number of amides is 1. The normalized spacial score (nSPS) is 11.4. The molecule has 0 aliphatic heterocycles. The average Bonchev–Trinajstić information content (AvgIpc) is 2.59. The molecule has 0 heterocycles. The Morgan fingerprint density at radius 2 is 1.74 bits per heavy atom. The molecule has 5 nitrogen and oxygen atoms in total. The molecule has 1 atom stereocenters. The van der Waals surface area contributed by atoms with E-state index in [4.69, 9.17) is 9.47 Å². The lowest BCUT2D eigenvalue weighted by molar-refractivity contribution is -0.145. The van der Waals surface area contributed by atoms with Crippen LogP contribution >= 0.6 is 0 Å². The highest BCUT2D eigenvalue weighted by molar-refractivity contribution is 5.86. The summed E-state index contributed by atoms with van der Waals surface area (Å²) in [5, 5.41) is 2.51. The minimum Gasteiger partial charge on any atom is -0.481 e. The Balaban J connectivity index is 2.01. The summed E-state index contributed by atoms with van der Waals surface area (Å²) in [4.78, 5) is 23.8. The number of para-hydroxylation sites is 1. The largest absolute Gasteiger partial charge is 0.481 e. The minimum atomic E-state index is -0.946. The molecule has 0 unspecified atom stereocenters. The van der Waals surface area contributed by atoms with Crippen LogP contribution < -0.4 is 10.1 Å². The number of halogens is 1. The summed E-state index contributed by atoms with van der Waals surface area (Å²) < 4.78 is 23.2. The number of methoxy groups -OCH3 is 1. The third-order valence-electron chi connectivity index (χ3n) is 3.07. The SMILES string of the molecule is COC(=O)[C@@H](NC(=O)COc1ccccc1F)c1ccccc1. The number of rotatable bonds is 6. The standard InChI is InChI=1S/C17H16FNO4/c1-22-17(21)16(12-7-3-2-4-8-12)19-15(20)11-23-14-10-6-5-9-13(14)18/h2-10,16H,11H2,1H3,(H,19,20)/t16-/m0/s1. The number of nitrogens with one attached hydrogen (secondary N) is 1. The second-order valence-corrected chi connectivity index (χ2v) is 4.65. The topological polar surface area (TPSA) is 64.6 Å². The lowest BCUT2D eigenvalue weighted by atomic mass is 10.1. The van der Waals surface area contributed by atoms with Crippen molar-refractivity contribution in [3.05, 3.63) is 66.0 Å². The maximum absolute atomic E-state index is 13.4. The molecule has 1 amide bonds. The fourth-order valence-corrected chi connectivity index (χ4v) is 1.95. The quantitative estimate of drug-likeness (QED) is 0.830. The summed E-state index contributed by atoms with van der Waals surface area (Å²) in [7, 11) is 1.24. The number of carbonyl (C=O) groups is 2. The summed E-state index contributed by atoms with van der Waals surface area (Å²) in [6.07, 6.45) is 0. The first-order chi connectivity index (χ1) is 11.1. The summed E-state index contributed by atoms with van der Waals surface area (Å²) in [6, 6.07) is 13.5. The third-order valence-corrected chi connectivity index (χ3v) is 3.07. The molecule has 2 aromatic rings. The zero-order valence-corrected chi connectivity index (χ0v) is 12.5. The molecule has 0 bridgehead atoms. The molecular formula is C17H16FNO4.